The fraction of sp³-hybridized carbons (Fsp3) is 0.533. The minimum Gasteiger partial charge on any atom is -0.573 e. The predicted molar refractivity (Wildman–Crippen MR) is 85.7 cm³/mol. The van der Waals surface area contributed by atoms with E-state index in [0.717, 1.165) is 5.56 Å². The zero-order valence-corrected chi connectivity index (χ0v) is 13.9. The summed E-state index contributed by atoms with van der Waals surface area (Å²) in [4.78, 5) is 11.7. The van der Waals surface area contributed by atoms with Crippen molar-refractivity contribution >= 4 is 17.6 Å². The number of nitrogens with one attached hydrogen (secondary N) is 1. The van der Waals surface area contributed by atoms with Gasteiger partial charge in [0.1, 0.15) is 6.61 Å². The van der Waals surface area contributed by atoms with Gasteiger partial charge in [-0.15, -0.1) is 9.03 Å². The zero-order chi connectivity index (χ0) is 16.5. The summed E-state index contributed by atoms with van der Waals surface area (Å²) in [5, 5.41) is 0. The number of hydrogen-bond acceptors (Lipinski definition) is 6. The van der Waals surface area contributed by atoms with Gasteiger partial charge in [-0.05, 0) is 12.0 Å². The summed E-state index contributed by atoms with van der Waals surface area (Å²) in [5.74, 6) is 0. The van der Waals surface area contributed by atoms with E-state index in [0.29, 0.717) is 32.7 Å². The van der Waals surface area contributed by atoms with E-state index in [-0.39, 0.29) is 12.7 Å². The van der Waals surface area contributed by atoms with Gasteiger partial charge >= 0.3 is 6.09 Å². The Hall–Kier alpha value is -1.32. The molecule has 0 bridgehead atoms. The lowest BCUT2D eigenvalue weighted by molar-refractivity contribution is 0.00560. The molecule has 1 aromatic rings. The third-order valence-electron chi connectivity index (χ3n) is 3.37. The molecule has 0 saturated carbocycles. The quantitative estimate of drug-likeness (QED) is 0.783. The number of carbonyl (C=O) groups is 1. The number of benzene rings is 1. The molecule has 1 aliphatic heterocycles. The van der Waals surface area contributed by atoms with Crippen molar-refractivity contribution in [3.05, 3.63) is 35.9 Å². The molecule has 1 amide bonds. The molecule has 0 radical (unpaired) electrons. The number of nitrogens with zero attached hydrogens (tertiary/aromatic N) is 1. The van der Waals surface area contributed by atoms with Crippen LogP contribution < -0.4 is 4.72 Å². The zero-order valence-electron chi connectivity index (χ0n) is 13.1. The second kappa shape index (κ2) is 9.74. The van der Waals surface area contributed by atoms with E-state index in [2.05, 4.69) is 4.72 Å². The highest BCUT2D eigenvalue weighted by Gasteiger charge is 2.27. The Balaban J connectivity index is 1.72. The molecule has 7 nitrogen and oxygen atoms in total. The third-order valence-corrected chi connectivity index (χ3v) is 4.54. The van der Waals surface area contributed by atoms with Crippen LogP contribution in [0.5, 0.6) is 0 Å². The first kappa shape index (κ1) is 18.0. The Morgan fingerprint density at radius 3 is 2.96 bits per heavy atom. The molecule has 1 aromatic carbocycles. The summed E-state index contributed by atoms with van der Waals surface area (Å²) in [7, 11) is 1.62. The van der Waals surface area contributed by atoms with Crippen LogP contribution in [-0.2, 0) is 32.4 Å². The highest BCUT2D eigenvalue weighted by atomic mass is 32.2. The average molecular weight is 342 g/mol. The summed E-state index contributed by atoms with van der Waals surface area (Å²) >= 11 is -1.64. The maximum Gasteiger partial charge on any atom is 0.450 e. The van der Waals surface area contributed by atoms with Crippen LogP contribution in [0.15, 0.2) is 30.3 Å². The predicted octanol–water partition coefficient (Wildman–Crippen LogP) is 1.23. The summed E-state index contributed by atoms with van der Waals surface area (Å²) in [6.07, 6.45) is -0.0156. The number of rotatable bonds is 6. The molecule has 2 atom stereocenters. The van der Waals surface area contributed by atoms with Crippen LogP contribution in [0.2, 0.25) is 0 Å². The van der Waals surface area contributed by atoms with Gasteiger partial charge in [0.25, 0.3) is 0 Å². The Morgan fingerprint density at radius 1 is 1.43 bits per heavy atom. The van der Waals surface area contributed by atoms with Crippen LogP contribution in [0.4, 0.5) is 4.79 Å². The fourth-order valence-electron chi connectivity index (χ4n) is 2.18. The van der Waals surface area contributed by atoms with Crippen molar-refractivity contribution in [2.24, 2.45) is 0 Å². The van der Waals surface area contributed by atoms with Gasteiger partial charge in [0.2, 0.25) is 0 Å². The van der Waals surface area contributed by atoms with Crippen LogP contribution >= 0.6 is 0 Å². The molecule has 1 aliphatic rings. The first-order valence-electron chi connectivity index (χ1n) is 7.43. The van der Waals surface area contributed by atoms with Crippen molar-refractivity contribution < 1.29 is 23.6 Å². The summed E-state index contributed by atoms with van der Waals surface area (Å²) in [6, 6.07) is 9.32. The van der Waals surface area contributed by atoms with Gasteiger partial charge < -0.3 is 18.8 Å². The molecular weight excluding hydrogens is 320 g/mol. The van der Waals surface area contributed by atoms with E-state index < -0.39 is 17.6 Å². The normalized spacial score (nSPS) is 20.5. The van der Waals surface area contributed by atoms with E-state index >= 15 is 0 Å². The Kier molecular flexibility index (Phi) is 7.63. The second-order valence-corrected chi connectivity index (χ2v) is 6.30. The molecule has 2 rings (SSSR count). The van der Waals surface area contributed by atoms with Gasteiger partial charge in [0.05, 0.1) is 25.9 Å². The van der Waals surface area contributed by atoms with E-state index in [1.807, 2.05) is 30.3 Å². The number of methoxy groups -OCH3 is 1. The molecule has 8 heteroatoms. The van der Waals surface area contributed by atoms with Crippen molar-refractivity contribution in [3.63, 3.8) is 0 Å². The molecule has 0 aliphatic carbocycles. The Morgan fingerprint density at radius 2 is 2.22 bits per heavy atom. The van der Waals surface area contributed by atoms with Gasteiger partial charge in [-0.3, -0.25) is 0 Å². The highest BCUT2D eigenvalue weighted by Crippen LogP contribution is 2.10. The molecule has 1 fully saturated rings. The minimum atomic E-state index is -1.64. The largest absolute Gasteiger partial charge is 0.573 e. The third kappa shape index (κ3) is 6.36. The number of ether oxygens (including phenoxy) is 3. The van der Waals surface area contributed by atoms with Gasteiger partial charge in [0.15, 0.2) is 11.5 Å². The van der Waals surface area contributed by atoms with E-state index in [4.69, 9.17) is 14.2 Å². The molecule has 0 spiro atoms. The monoisotopic (exact) mass is 342 g/mol. The SMILES string of the molecule is COCC1CCN([S+]([O-])NC(=O)OCc2ccccc2)CCO1. The van der Waals surface area contributed by atoms with Crippen molar-refractivity contribution in [1.29, 1.82) is 0 Å². The topological polar surface area (TPSA) is 83.1 Å². The molecule has 0 aromatic heterocycles. The number of hydrogen-bond donors (Lipinski definition) is 1. The molecule has 128 valence electrons. The molecule has 23 heavy (non-hydrogen) atoms. The van der Waals surface area contributed by atoms with E-state index in [1.54, 1.807) is 11.4 Å². The Bertz CT molecular complexity index is 476. The molecular formula is C15H22N2O5S. The highest BCUT2D eigenvalue weighted by molar-refractivity contribution is 7.87. The first-order valence-corrected chi connectivity index (χ1v) is 8.54. The van der Waals surface area contributed by atoms with Crippen LogP contribution in [0, 0.1) is 0 Å². The van der Waals surface area contributed by atoms with Crippen LogP contribution in [0.3, 0.4) is 0 Å². The smallest absolute Gasteiger partial charge is 0.450 e. The Labute approximate surface area is 139 Å². The van der Waals surface area contributed by atoms with E-state index in [9.17, 15) is 9.35 Å². The summed E-state index contributed by atoms with van der Waals surface area (Å²) in [5.41, 5.74) is 0.874. The lowest BCUT2D eigenvalue weighted by Crippen LogP contribution is -2.44. The lowest BCUT2D eigenvalue weighted by atomic mass is 10.2. The van der Waals surface area contributed by atoms with Crippen LogP contribution in [0.25, 0.3) is 0 Å². The number of amides is 1. The maximum atomic E-state index is 12.2. The van der Waals surface area contributed by atoms with Gasteiger partial charge in [-0.25, -0.2) is 4.79 Å². The standard InChI is InChI=1S/C15H22N2O5S/c1-20-12-14-7-8-17(9-10-21-14)23(19)16-15(18)22-11-13-5-3-2-4-6-13/h2-6,14H,7-12H2,1H3,(H,16,18). The summed E-state index contributed by atoms with van der Waals surface area (Å²) < 4.78 is 31.9. The van der Waals surface area contributed by atoms with Gasteiger partial charge in [-0.2, -0.15) is 0 Å². The van der Waals surface area contributed by atoms with E-state index in [1.165, 1.54) is 0 Å². The van der Waals surface area contributed by atoms with Gasteiger partial charge in [0, 0.05) is 13.7 Å². The second-order valence-electron chi connectivity index (χ2n) is 5.08. The first-order chi connectivity index (χ1) is 11.2. The molecule has 2 unspecified atom stereocenters. The molecule has 1 heterocycles. The van der Waals surface area contributed by atoms with Crippen molar-refractivity contribution in [2.45, 2.75) is 19.1 Å². The van der Waals surface area contributed by atoms with Crippen molar-refractivity contribution in [3.8, 4) is 0 Å². The van der Waals surface area contributed by atoms with Crippen LogP contribution in [0.1, 0.15) is 12.0 Å². The minimum absolute atomic E-state index is 0.00738. The van der Waals surface area contributed by atoms with Crippen molar-refractivity contribution in [2.75, 3.05) is 33.4 Å². The van der Waals surface area contributed by atoms with Gasteiger partial charge in [-0.1, -0.05) is 30.3 Å². The fourth-order valence-corrected chi connectivity index (χ4v) is 3.02. The lowest BCUT2D eigenvalue weighted by Gasteiger charge is -2.20. The van der Waals surface area contributed by atoms with Crippen molar-refractivity contribution in [1.82, 2.24) is 9.03 Å². The molecule has 1 N–H and O–H groups in total. The summed E-state index contributed by atoms with van der Waals surface area (Å²) in [6.45, 7) is 2.13. The number of carbonyl (C=O) groups excluding carboxylic acids is 1. The molecule has 1 saturated heterocycles. The maximum absolute atomic E-state index is 12.2. The van der Waals surface area contributed by atoms with Crippen LogP contribution in [-0.4, -0.2) is 54.5 Å². The average Bonchev–Trinajstić information content (AvgIpc) is 2.80.